The average Bonchev–Trinajstić information content (AvgIpc) is 3.15. The number of nitrogens with one attached hydrogen (secondary N) is 1. The average molecular weight is 433 g/mol. The van der Waals surface area contributed by atoms with E-state index in [1.807, 2.05) is 43.0 Å². The fourth-order valence-electron chi connectivity index (χ4n) is 4.07. The van der Waals surface area contributed by atoms with Crippen molar-refractivity contribution in [1.82, 2.24) is 25.0 Å². The maximum absolute atomic E-state index is 12.8. The first-order valence-electron chi connectivity index (χ1n) is 10.8. The molecular weight excluding hydrogens is 404 g/mol. The molecule has 2 aromatic heterocycles. The first kappa shape index (κ1) is 21.5. The van der Waals surface area contributed by atoms with Gasteiger partial charge in [-0.1, -0.05) is 24.3 Å². The molecule has 0 unspecified atom stereocenters. The number of pyridine rings is 1. The molecular formula is C24H28N6O2. The molecule has 3 heterocycles. The van der Waals surface area contributed by atoms with E-state index >= 15 is 0 Å². The monoisotopic (exact) mass is 432 g/mol. The van der Waals surface area contributed by atoms with Crippen LogP contribution in [0.15, 0.2) is 48.7 Å². The van der Waals surface area contributed by atoms with Gasteiger partial charge in [-0.05, 0) is 32.0 Å². The van der Waals surface area contributed by atoms with Crippen LogP contribution in [0.1, 0.15) is 21.9 Å². The van der Waals surface area contributed by atoms with Gasteiger partial charge in [0.1, 0.15) is 12.2 Å². The third kappa shape index (κ3) is 4.49. The summed E-state index contributed by atoms with van der Waals surface area (Å²) in [4.78, 5) is 33.1. The van der Waals surface area contributed by atoms with Crippen LogP contribution < -0.4 is 10.2 Å². The van der Waals surface area contributed by atoms with E-state index in [9.17, 15) is 9.59 Å². The van der Waals surface area contributed by atoms with Gasteiger partial charge in [0.2, 0.25) is 5.91 Å². The minimum atomic E-state index is -0.203. The molecule has 166 valence electrons. The van der Waals surface area contributed by atoms with Crippen molar-refractivity contribution in [2.75, 3.05) is 38.1 Å². The Hall–Kier alpha value is -3.68. The van der Waals surface area contributed by atoms with Crippen LogP contribution in [0.25, 0.3) is 11.1 Å². The van der Waals surface area contributed by atoms with Crippen LogP contribution >= 0.6 is 0 Å². The van der Waals surface area contributed by atoms with Gasteiger partial charge in [-0.15, -0.1) is 0 Å². The summed E-state index contributed by atoms with van der Waals surface area (Å²) >= 11 is 0. The third-order valence-electron chi connectivity index (χ3n) is 5.80. The highest BCUT2D eigenvalue weighted by Crippen LogP contribution is 2.31. The largest absolute Gasteiger partial charge is 0.367 e. The number of aromatic nitrogens is 3. The predicted octanol–water partition coefficient (Wildman–Crippen LogP) is 2.27. The fraction of sp³-hybridized carbons (Fsp3) is 0.333. The molecule has 32 heavy (non-hydrogen) atoms. The number of nitrogens with zero attached hydrogens (tertiary/aromatic N) is 5. The number of hydrogen-bond acceptors (Lipinski definition) is 5. The molecule has 0 radical (unpaired) electrons. The molecule has 0 atom stereocenters. The van der Waals surface area contributed by atoms with Gasteiger partial charge in [0.05, 0.1) is 5.69 Å². The maximum Gasteiger partial charge on any atom is 0.269 e. The van der Waals surface area contributed by atoms with Crippen LogP contribution in [0.4, 0.5) is 5.69 Å². The van der Waals surface area contributed by atoms with Crippen LogP contribution in [-0.4, -0.2) is 64.7 Å². The molecule has 1 aliphatic heterocycles. The lowest BCUT2D eigenvalue weighted by Gasteiger charge is -2.37. The molecule has 1 aromatic carbocycles. The fourth-order valence-corrected chi connectivity index (χ4v) is 4.07. The number of aryl methyl sites for hydroxylation is 2. The number of piperazine rings is 1. The van der Waals surface area contributed by atoms with Gasteiger partial charge in [0.15, 0.2) is 0 Å². The minimum absolute atomic E-state index is 0.0955. The van der Waals surface area contributed by atoms with Gasteiger partial charge in [0, 0.05) is 61.9 Å². The van der Waals surface area contributed by atoms with E-state index in [0.29, 0.717) is 18.8 Å². The number of amides is 2. The Morgan fingerprint density at radius 3 is 2.41 bits per heavy atom. The molecule has 4 rings (SSSR count). The van der Waals surface area contributed by atoms with Crippen molar-refractivity contribution in [3.63, 3.8) is 0 Å². The topological polar surface area (TPSA) is 83.4 Å². The molecule has 1 fully saturated rings. The maximum atomic E-state index is 12.8. The quantitative estimate of drug-likeness (QED) is 0.669. The van der Waals surface area contributed by atoms with Gasteiger partial charge in [0.25, 0.3) is 5.91 Å². The molecule has 0 aliphatic carbocycles. The Balaban J connectivity index is 1.44. The number of para-hydroxylation sites is 1. The molecule has 1 aliphatic rings. The zero-order valence-electron chi connectivity index (χ0n) is 18.7. The molecule has 3 aromatic rings. The van der Waals surface area contributed by atoms with E-state index in [4.69, 9.17) is 0 Å². The van der Waals surface area contributed by atoms with Crippen LogP contribution in [0.3, 0.4) is 0 Å². The predicted molar refractivity (Wildman–Crippen MR) is 124 cm³/mol. The van der Waals surface area contributed by atoms with E-state index in [1.54, 1.807) is 24.0 Å². The van der Waals surface area contributed by atoms with Crippen molar-refractivity contribution in [3.8, 4) is 11.1 Å². The summed E-state index contributed by atoms with van der Waals surface area (Å²) in [6, 6.07) is 13.8. The lowest BCUT2D eigenvalue weighted by Crippen LogP contribution is -2.49. The molecule has 1 saturated heterocycles. The van der Waals surface area contributed by atoms with Crippen molar-refractivity contribution < 1.29 is 9.59 Å². The molecule has 0 spiro atoms. The van der Waals surface area contributed by atoms with Gasteiger partial charge in [-0.3, -0.25) is 19.3 Å². The van der Waals surface area contributed by atoms with Crippen molar-refractivity contribution in [2.45, 2.75) is 20.4 Å². The van der Waals surface area contributed by atoms with Crippen LogP contribution in [0, 0.1) is 13.8 Å². The summed E-state index contributed by atoms with van der Waals surface area (Å²) in [6.45, 7) is 7.03. The molecule has 8 nitrogen and oxygen atoms in total. The zero-order valence-corrected chi connectivity index (χ0v) is 18.7. The Labute approximate surface area is 187 Å². The first-order valence-corrected chi connectivity index (χ1v) is 10.8. The van der Waals surface area contributed by atoms with Crippen LogP contribution in [-0.2, 0) is 11.3 Å². The Bertz CT molecular complexity index is 1110. The zero-order chi connectivity index (χ0) is 22.7. The van der Waals surface area contributed by atoms with Crippen LogP contribution in [0.2, 0.25) is 0 Å². The Kier molecular flexibility index (Phi) is 6.20. The lowest BCUT2D eigenvalue weighted by molar-refractivity contribution is -0.132. The lowest BCUT2D eigenvalue weighted by atomic mass is 10.0. The van der Waals surface area contributed by atoms with Crippen molar-refractivity contribution >= 4 is 17.5 Å². The summed E-state index contributed by atoms with van der Waals surface area (Å²) in [7, 11) is 1.59. The summed E-state index contributed by atoms with van der Waals surface area (Å²) in [5, 5.41) is 6.99. The van der Waals surface area contributed by atoms with Crippen molar-refractivity contribution in [2.24, 2.45) is 0 Å². The van der Waals surface area contributed by atoms with Gasteiger partial charge in [-0.25, -0.2) is 0 Å². The van der Waals surface area contributed by atoms with E-state index in [1.165, 1.54) is 0 Å². The van der Waals surface area contributed by atoms with Gasteiger partial charge in [-0.2, -0.15) is 5.10 Å². The molecule has 8 heteroatoms. The van der Waals surface area contributed by atoms with Gasteiger partial charge >= 0.3 is 0 Å². The van der Waals surface area contributed by atoms with E-state index < -0.39 is 0 Å². The highest BCUT2D eigenvalue weighted by Gasteiger charge is 2.23. The normalized spacial score (nSPS) is 13.8. The highest BCUT2D eigenvalue weighted by atomic mass is 16.2. The summed E-state index contributed by atoms with van der Waals surface area (Å²) in [6.07, 6.45) is 1.73. The molecule has 0 bridgehead atoms. The third-order valence-corrected chi connectivity index (χ3v) is 5.80. The number of benzene rings is 1. The number of anilines is 1. The smallest absolute Gasteiger partial charge is 0.269 e. The SMILES string of the molecule is CNC(=O)c1ccc(-c2ccccc2N2CCN(C(=O)Cn3nc(C)cc3C)CC2)cn1. The Morgan fingerprint density at radius 2 is 1.78 bits per heavy atom. The number of carbonyl (C=O) groups is 2. The molecule has 0 saturated carbocycles. The number of carbonyl (C=O) groups excluding carboxylic acids is 2. The van der Waals surface area contributed by atoms with Crippen molar-refractivity contribution in [1.29, 1.82) is 0 Å². The van der Waals surface area contributed by atoms with Crippen molar-refractivity contribution in [3.05, 3.63) is 65.7 Å². The highest BCUT2D eigenvalue weighted by molar-refractivity contribution is 5.92. The first-order chi connectivity index (χ1) is 15.5. The van der Waals surface area contributed by atoms with E-state index in [2.05, 4.69) is 32.4 Å². The second-order valence-corrected chi connectivity index (χ2v) is 7.98. The number of hydrogen-bond donors (Lipinski definition) is 1. The van der Waals surface area contributed by atoms with Gasteiger partial charge < -0.3 is 15.1 Å². The standard InChI is InChI=1S/C24H28N6O2/c1-17-14-18(2)30(27-17)16-23(31)29-12-10-28(11-13-29)22-7-5-4-6-20(22)19-8-9-21(26-15-19)24(32)25-3/h4-9,14-15H,10-13,16H2,1-3H3,(H,25,32). The summed E-state index contributed by atoms with van der Waals surface area (Å²) < 4.78 is 1.77. The second-order valence-electron chi connectivity index (χ2n) is 7.98. The van der Waals surface area contributed by atoms with Crippen LogP contribution in [0.5, 0.6) is 0 Å². The van der Waals surface area contributed by atoms with E-state index in [-0.39, 0.29) is 18.4 Å². The summed E-state index contributed by atoms with van der Waals surface area (Å²) in [5.41, 5.74) is 5.44. The van der Waals surface area contributed by atoms with E-state index in [0.717, 1.165) is 41.3 Å². The number of rotatable bonds is 5. The molecule has 2 amide bonds. The second kappa shape index (κ2) is 9.21. The minimum Gasteiger partial charge on any atom is -0.367 e. The molecule has 1 N–H and O–H groups in total. The Morgan fingerprint density at radius 1 is 1.03 bits per heavy atom. The summed E-state index contributed by atoms with van der Waals surface area (Å²) in [5.74, 6) is -0.107.